The molecule has 3 rings (SSSR count). The summed E-state index contributed by atoms with van der Waals surface area (Å²) in [4.78, 5) is 23.0. The lowest BCUT2D eigenvalue weighted by Crippen LogP contribution is -2.19. The third-order valence-corrected chi connectivity index (χ3v) is 3.41. The average Bonchev–Trinajstić information content (AvgIpc) is 2.97. The fourth-order valence-electron chi connectivity index (χ4n) is 2.32. The molecule has 0 unspecified atom stereocenters. The summed E-state index contributed by atoms with van der Waals surface area (Å²) in [5, 5.41) is 14.3. The third-order valence-electron chi connectivity index (χ3n) is 3.41. The summed E-state index contributed by atoms with van der Waals surface area (Å²) in [5.74, 6) is -0.728. The van der Waals surface area contributed by atoms with Gasteiger partial charge in [-0.25, -0.2) is 0 Å². The van der Waals surface area contributed by atoms with Crippen LogP contribution in [0.5, 0.6) is 0 Å². The van der Waals surface area contributed by atoms with Crippen LogP contribution in [0.3, 0.4) is 0 Å². The lowest BCUT2D eigenvalue weighted by atomic mass is 10.1. The number of aromatic nitrogens is 1. The van der Waals surface area contributed by atoms with Gasteiger partial charge >= 0.3 is 0 Å². The molecule has 2 heterocycles. The van der Waals surface area contributed by atoms with Crippen LogP contribution in [0.1, 0.15) is 32.0 Å². The summed E-state index contributed by atoms with van der Waals surface area (Å²) in [6.07, 6.45) is 1.87. The van der Waals surface area contributed by atoms with Gasteiger partial charge in [-0.05, 0) is 29.8 Å². The second-order valence-corrected chi connectivity index (χ2v) is 4.85. The maximum atomic E-state index is 11.6. The molecule has 6 nitrogen and oxygen atoms in total. The van der Waals surface area contributed by atoms with Crippen molar-refractivity contribution in [2.45, 2.75) is 6.54 Å². The van der Waals surface area contributed by atoms with Crippen molar-refractivity contribution < 1.29 is 9.59 Å². The molecule has 0 saturated heterocycles. The van der Waals surface area contributed by atoms with Crippen LogP contribution in [0, 0.1) is 11.3 Å². The lowest BCUT2D eigenvalue weighted by Gasteiger charge is -2.06. The highest BCUT2D eigenvalue weighted by Gasteiger charge is 2.26. The van der Waals surface area contributed by atoms with Gasteiger partial charge < -0.3 is 9.88 Å². The van der Waals surface area contributed by atoms with Gasteiger partial charge in [0.05, 0.1) is 11.1 Å². The van der Waals surface area contributed by atoms with E-state index in [1.165, 1.54) is 0 Å². The fraction of sp³-hybridized carbons (Fsp3) is 0.133. The van der Waals surface area contributed by atoms with Gasteiger partial charge in [0.15, 0.2) is 0 Å². The van der Waals surface area contributed by atoms with Crippen molar-refractivity contribution in [3.8, 4) is 6.07 Å². The second kappa shape index (κ2) is 4.80. The van der Waals surface area contributed by atoms with Crippen LogP contribution >= 0.6 is 0 Å². The van der Waals surface area contributed by atoms with Crippen LogP contribution in [0.2, 0.25) is 0 Å². The predicted octanol–water partition coefficient (Wildman–Crippen LogP) is 1.39. The Hall–Kier alpha value is -3.07. The zero-order valence-corrected chi connectivity index (χ0v) is 11.3. The summed E-state index contributed by atoms with van der Waals surface area (Å²) in [6.45, 7) is 0.532. The first-order chi connectivity index (χ1) is 10.1. The van der Waals surface area contributed by atoms with Crippen LogP contribution < -0.4 is 10.6 Å². The number of amides is 2. The zero-order valence-electron chi connectivity index (χ0n) is 11.3. The van der Waals surface area contributed by atoms with Crippen molar-refractivity contribution in [3.05, 3.63) is 52.8 Å². The number of imide groups is 1. The van der Waals surface area contributed by atoms with Gasteiger partial charge in [-0.2, -0.15) is 5.26 Å². The number of hydrogen-bond acceptors (Lipinski definition) is 4. The Morgan fingerprint density at radius 3 is 2.71 bits per heavy atom. The van der Waals surface area contributed by atoms with Crippen molar-refractivity contribution >= 4 is 17.5 Å². The highest BCUT2D eigenvalue weighted by atomic mass is 16.2. The van der Waals surface area contributed by atoms with E-state index in [-0.39, 0.29) is 11.8 Å². The molecule has 2 aromatic rings. The van der Waals surface area contributed by atoms with E-state index in [2.05, 4.69) is 16.7 Å². The van der Waals surface area contributed by atoms with Gasteiger partial charge in [0.1, 0.15) is 11.8 Å². The Bertz CT molecular complexity index is 798. The van der Waals surface area contributed by atoms with Gasteiger partial charge in [0.2, 0.25) is 0 Å². The lowest BCUT2D eigenvalue weighted by molar-refractivity contribution is 0.0879. The summed E-state index contributed by atoms with van der Waals surface area (Å²) in [6, 6.07) is 8.95. The molecule has 1 aromatic heterocycles. The number of benzene rings is 1. The number of anilines is 1. The van der Waals surface area contributed by atoms with Gasteiger partial charge in [-0.3, -0.25) is 14.9 Å². The number of rotatable bonds is 3. The van der Waals surface area contributed by atoms with Crippen molar-refractivity contribution in [2.75, 3.05) is 5.32 Å². The maximum Gasteiger partial charge on any atom is 0.259 e. The second-order valence-electron chi connectivity index (χ2n) is 4.85. The number of nitrogens with one attached hydrogen (secondary N) is 2. The molecule has 1 aliphatic heterocycles. The standard InChI is InChI=1S/C15H12N4O2/c1-19-8-9(4-11(19)6-16)7-17-10-2-3-12-13(5-10)15(21)18-14(12)20/h2-5,8,17H,7H2,1H3,(H,18,20,21). The first kappa shape index (κ1) is 12.9. The number of hydrogen-bond donors (Lipinski definition) is 2. The molecule has 0 spiro atoms. The topological polar surface area (TPSA) is 86.9 Å². The van der Waals surface area contributed by atoms with Gasteiger partial charge in [-0.1, -0.05) is 0 Å². The van der Waals surface area contributed by atoms with E-state index >= 15 is 0 Å². The van der Waals surface area contributed by atoms with E-state index in [0.29, 0.717) is 23.4 Å². The monoisotopic (exact) mass is 280 g/mol. The van der Waals surface area contributed by atoms with Crippen molar-refractivity contribution in [2.24, 2.45) is 7.05 Å². The van der Waals surface area contributed by atoms with Crippen LogP contribution in [-0.4, -0.2) is 16.4 Å². The molecule has 104 valence electrons. The van der Waals surface area contributed by atoms with E-state index in [0.717, 1.165) is 11.3 Å². The summed E-state index contributed by atoms with van der Waals surface area (Å²) >= 11 is 0. The van der Waals surface area contributed by atoms with E-state index in [1.54, 1.807) is 28.8 Å². The van der Waals surface area contributed by atoms with E-state index in [1.807, 2.05) is 13.2 Å². The Kier molecular flexibility index (Phi) is 2.95. The largest absolute Gasteiger partial charge is 0.381 e. The summed E-state index contributed by atoms with van der Waals surface area (Å²) in [5.41, 5.74) is 3.09. The normalized spacial score (nSPS) is 12.8. The molecule has 1 aromatic carbocycles. The molecule has 0 bridgehead atoms. The maximum absolute atomic E-state index is 11.6. The Morgan fingerprint density at radius 1 is 1.24 bits per heavy atom. The summed E-state index contributed by atoms with van der Waals surface area (Å²) in [7, 11) is 1.81. The van der Waals surface area contributed by atoms with Crippen LogP contribution in [0.25, 0.3) is 0 Å². The molecule has 2 N–H and O–H groups in total. The van der Waals surface area contributed by atoms with Crippen LogP contribution in [0.15, 0.2) is 30.5 Å². The zero-order chi connectivity index (χ0) is 15.0. The number of carbonyl (C=O) groups excluding carboxylic acids is 2. The number of aryl methyl sites for hydroxylation is 1. The minimum Gasteiger partial charge on any atom is -0.381 e. The third kappa shape index (κ3) is 2.25. The number of fused-ring (bicyclic) bond motifs is 1. The van der Waals surface area contributed by atoms with Gasteiger partial charge in [0.25, 0.3) is 11.8 Å². The van der Waals surface area contributed by atoms with Gasteiger partial charge in [0, 0.05) is 25.5 Å². The average molecular weight is 280 g/mol. The molecular formula is C15H12N4O2. The molecule has 1 aliphatic rings. The van der Waals surface area contributed by atoms with Crippen LogP contribution in [-0.2, 0) is 13.6 Å². The molecule has 6 heteroatoms. The van der Waals surface area contributed by atoms with E-state index in [9.17, 15) is 9.59 Å². The minimum atomic E-state index is -0.370. The van der Waals surface area contributed by atoms with Crippen molar-refractivity contribution in [3.63, 3.8) is 0 Å². The molecule has 0 atom stereocenters. The molecule has 2 amide bonds. The van der Waals surface area contributed by atoms with Crippen molar-refractivity contribution in [1.82, 2.24) is 9.88 Å². The van der Waals surface area contributed by atoms with E-state index < -0.39 is 0 Å². The molecule has 0 aliphatic carbocycles. The highest BCUT2D eigenvalue weighted by molar-refractivity contribution is 6.21. The number of nitriles is 1. The summed E-state index contributed by atoms with van der Waals surface area (Å²) < 4.78 is 1.76. The highest BCUT2D eigenvalue weighted by Crippen LogP contribution is 2.21. The smallest absolute Gasteiger partial charge is 0.259 e. The van der Waals surface area contributed by atoms with Crippen molar-refractivity contribution in [1.29, 1.82) is 5.26 Å². The predicted molar refractivity (Wildman–Crippen MR) is 75.7 cm³/mol. The molecule has 0 radical (unpaired) electrons. The molecular weight excluding hydrogens is 268 g/mol. The Morgan fingerprint density at radius 2 is 2.00 bits per heavy atom. The minimum absolute atomic E-state index is 0.358. The molecule has 21 heavy (non-hydrogen) atoms. The quantitative estimate of drug-likeness (QED) is 0.832. The fourth-order valence-corrected chi connectivity index (χ4v) is 2.32. The number of nitrogens with zero attached hydrogens (tertiary/aromatic N) is 2. The Labute approximate surface area is 121 Å². The first-order valence-corrected chi connectivity index (χ1v) is 6.37. The van der Waals surface area contributed by atoms with Crippen LogP contribution in [0.4, 0.5) is 5.69 Å². The Balaban J connectivity index is 1.77. The molecule has 0 saturated carbocycles. The molecule has 0 fully saturated rings. The SMILES string of the molecule is Cn1cc(CNc2ccc3c(c2)C(=O)NC3=O)cc1C#N. The number of carbonyl (C=O) groups is 2. The first-order valence-electron chi connectivity index (χ1n) is 6.37. The van der Waals surface area contributed by atoms with E-state index in [4.69, 9.17) is 5.26 Å². The van der Waals surface area contributed by atoms with Gasteiger partial charge in [-0.15, -0.1) is 0 Å².